The second-order valence-corrected chi connectivity index (χ2v) is 6.01. The van der Waals surface area contributed by atoms with Gasteiger partial charge in [-0.25, -0.2) is 0 Å². The summed E-state index contributed by atoms with van der Waals surface area (Å²) in [7, 11) is 0. The molecule has 110 valence electrons. The molecule has 1 aromatic carbocycles. The molecule has 0 spiro atoms. The number of hydrogen-bond acceptors (Lipinski definition) is 5. The van der Waals surface area contributed by atoms with E-state index in [2.05, 4.69) is 34.5 Å². The molecule has 4 rings (SSSR count). The zero-order valence-electron chi connectivity index (χ0n) is 12.1. The lowest BCUT2D eigenvalue weighted by molar-refractivity contribution is -0.0770. The monoisotopic (exact) mass is 285 g/mol. The number of anilines is 1. The molecule has 2 aliphatic heterocycles. The highest BCUT2D eigenvalue weighted by atomic mass is 16.5. The maximum absolute atomic E-state index is 5.90. The summed E-state index contributed by atoms with van der Waals surface area (Å²) in [6, 6.07) is 8.27. The van der Waals surface area contributed by atoms with Crippen LogP contribution in [0.4, 0.5) is 5.69 Å². The first-order valence-electron chi connectivity index (χ1n) is 7.57. The molecule has 5 nitrogen and oxygen atoms in total. The Hall–Kier alpha value is -1.88. The lowest BCUT2D eigenvalue weighted by Crippen LogP contribution is -2.31. The number of rotatable bonds is 2. The maximum Gasteiger partial charge on any atom is 0.236 e. The van der Waals surface area contributed by atoms with E-state index in [9.17, 15) is 0 Å². The van der Waals surface area contributed by atoms with E-state index in [0.717, 1.165) is 38.1 Å². The molecule has 0 amide bonds. The number of nitrogens with one attached hydrogen (secondary N) is 1. The van der Waals surface area contributed by atoms with Gasteiger partial charge in [0, 0.05) is 18.8 Å². The molecular weight excluding hydrogens is 266 g/mol. The van der Waals surface area contributed by atoms with Crippen molar-refractivity contribution in [3.8, 4) is 0 Å². The highest BCUT2D eigenvalue weighted by molar-refractivity contribution is 5.59. The van der Waals surface area contributed by atoms with Gasteiger partial charge in [0.15, 0.2) is 0 Å². The predicted molar refractivity (Wildman–Crippen MR) is 78.2 cm³/mol. The average molecular weight is 285 g/mol. The molecule has 5 heteroatoms. The Morgan fingerprint density at radius 3 is 3.05 bits per heavy atom. The fraction of sp³-hybridized carbons (Fsp3) is 0.500. The second-order valence-electron chi connectivity index (χ2n) is 6.01. The van der Waals surface area contributed by atoms with Gasteiger partial charge < -0.3 is 14.6 Å². The summed E-state index contributed by atoms with van der Waals surface area (Å²) in [5.74, 6) is 1.49. The van der Waals surface area contributed by atoms with Gasteiger partial charge in [-0.3, -0.25) is 0 Å². The minimum absolute atomic E-state index is 0.134. The van der Waals surface area contributed by atoms with Gasteiger partial charge in [0.1, 0.15) is 5.60 Å². The van der Waals surface area contributed by atoms with Crippen LogP contribution >= 0.6 is 0 Å². The van der Waals surface area contributed by atoms with Gasteiger partial charge in [0.2, 0.25) is 11.7 Å². The first kappa shape index (κ1) is 12.8. The lowest BCUT2D eigenvalue weighted by Gasteiger charge is -2.30. The van der Waals surface area contributed by atoms with Crippen LogP contribution in [0.1, 0.15) is 49.4 Å². The zero-order chi connectivity index (χ0) is 14.3. The molecule has 2 unspecified atom stereocenters. The van der Waals surface area contributed by atoms with E-state index in [-0.39, 0.29) is 5.92 Å². The molecule has 0 aliphatic carbocycles. The molecule has 2 atom stereocenters. The molecule has 2 aromatic rings. The Balaban J connectivity index is 1.64. The largest absolute Gasteiger partial charge is 0.384 e. The number of para-hydroxylation sites is 1. The Labute approximate surface area is 123 Å². The minimum Gasteiger partial charge on any atom is -0.384 e. The fourth-order valence-corrected chi connectivity index (χ4v) is 3.21. The highest BCUT2D eigenvalue weighted by Crippen LogP contribution is 2.37. The van der Waals surface area contributed by atoms with E-state index in [1.54, 1.807) is 0 Å². The lowest BCUT2D eigenvalue weighted by atomic mass is 9.95. The van der Waals surface area contributed by atoms with Crippen LogP contribution in [-0.2, 0) is 10.3 Å². The van der Waals surface area contributed by atoms with E-state index >= 15 is 0 Å². The summed E-state index contributed by atoms with van der Waals surface area (Å²) in [5.41, 5.74) is 1.98. The Morgan fingerprint density at radius 1 is 1.29 bits per heavy atom. The van der Waals surface area contributed by atoms with E-state index in [0.29, 0.717) is 11.7 Å². The van der Waals surface area contributed by atoms with Crippen molar-refractivity contribution in [2.75, 3.05) is 18.5 Å². The summed E-state index contributed by atoms with van der Waals surface area (Å²) >= 11 is 0. The quantitative estimate of drug-likeness (QED) is 0.919. The SMILES string of the molecule is CC1(c2noc(C3CNc4ccccc43)n2)CCCCO1. The summed E-state index contributed by atoms with van der Waals surface area (Å²) in [6.07, 6.45) is 3.21. The van der Waals surface area contributed by atoms with Gasteiger partial charge >= 0.3 is 0 Å². The van der Waals surface area contributed by atoms with Gasteiger partial charge in [-0.1, -0.05) is 23.4 Å². The van der Waals surface area contributed by atoms with Crippen LogP contribution in [-0.4, -0.2) is 23.3 Å². The normalized spacial score (nSPS) is 28.1. The first-order chi connectivity index (χ1) is 10.3. The number of benzene rings is 1. The van der Waals surface area contributed by atoms with Crippen molar-refractivity contribution in [1.29, 1.82) is 0 Å². The molecule has 2 aliphatic rings. The molecule has 1 saturated heterocycles. The van der Waals surface area contributed by atoms with Crippen LogP contribution in [0.15, 0.2) is 28.8 Å². The molecule has 0 radical (unpaired) electrons. The fourth-order valence-electron chi connectivity index (χ4n) is 3.21. The molecule has 21 heavy (non-hydrogen) atoms. The van der Waals surface area contributed by atoms with E-state index in [1.807, 2.05) is 12.1 Å². The number of aromatic nitrogens is 2. The average Bonchev–Trinajstić information content (AvgIpc) is 3.15. The molecule has 0 saturated carbocycles. The van der Waals surface area contributed by atoms with Crippen LogP contribution in [0, 0.1) is 0 Å². The third-order valence-corrected chi connectivity index (χ3v) is 4.51. The van der Waals surface area contributed by atoms with Crippen LogP contribution in [0.25, 0.3) is 0 Å². The minimum atomic E-state index is -0.397. The standard InChI is InChI=1S/C16H19N3O2/c1-16(8-4-5-9-20-16)15-18-14(21-19-15)12-10-17-13-7-3-2-6-11(12)13/h2-3,6-7,12,17H,4-5,8-10H2,1H3. The van der Waals surface area contributed by atoms with E-state index in [1.165, 1.54) is 5.56 Å². The van der Waals surface area contributed by atoms with Crippen LogP contribution in [0.5, 0.6) is 0 Å². The molecule has 0 bridgehead atoms. The highest BCUT2D eigenvalue weighted by Gasteiger charge is 2.37. The van der Waals surface area contributed by atoms with Crippen LogP contribution < -0.4 is 5.32 Å². The molecule has 1 fully saturated rings. The van der Waals surface area contributed by atoms with Crippen LogP contribution in [0.3, 0.4) is 0 Å². The van der Waals surface area contributed by atoms with Crippen molar-refractivity contribution in [2.45, 2.75) is 37.7 Å². The first-order valence-corrected chi connectivity index (χ1v) is 7.57. The van der Waals surface area contributed by atoms with E-state index in [4.69, 9.17) is 9.26 Å². The topological polar surface area (TPSA) is 60.2 Å². The number of fused-ring (bicyclic) bond motifs is 1. The van der Waals surface area contributed by atoms with Gasteiger partial charge in [-0.15, -0.1) is 0 Å². The van der Waals surface area contributed by atoms with E-state index < -0.39 is 5.60 Å². The smallest absolute Gasteiger partial charge is 0.236 e. The van der Waals surface area contributed by atoms with Crippen molar-refractivity contribution in [3.63, 3.8) is 0 Å². The number of nitrogens with zero attached hydrogens (tertiary/aromatic N) is 2. The summed E-state index contributed by atoms with van der Waals surface area (Å²) in [6.45, 7) is 3.63. The molecule has 1 N–H and O–H groups in total. The third-order valence-electron chi connectivity index (χ3n) is 4.51. The molecular formula is C16H19N3O2. The van der Waals surface area contributed by atoms with Gasteiger partial charge in [-0.2, -0.15) is 4.98 Å². The Bertz CT molecular complexity index is 646. The Morgan fingerprint density at radius 2 is 2.19 bits per heavy atom. The molecule has 1 aromatic heterocycles. The van der Waals surface area contributed by atoms with Gasteiger partial charge in [0.05, 0.1) is 5.92 Å². The zero-order valence-corrected chi connectivity index (χ0v) is 12.1. The Kier molecular flexibility index (Phi) is 2.96. The van der Waals surface area contributed by atoms with Gasteiger partial charge in [-0.05, 0) is 37.8 Å². The second kappa shape index (κ2) is 4.84. The van der Waals surface area contributed by atoms with Crippen molar-refractivity contribution < 1.29 is 9.26 Å². The van der Waals surface area contributed by atoms with Crippen molar-refractivity contribution >= 4 is 5.69 Å². The predicted octanol–water partition coefficient (Wildman–Crippen LogP) is 3.04. The summed E-state index contributed by atoms with van der Waals surface area (Å²) in [5, 5.41) is 7.58. The third kappa shape index (κ3) is 2.12. The number of ether oxygens (including phenoxy) is 1. The van der Waals surface area contributed by atoms with Crippen LogP contribution in [0.2, 0.25) is 0 Å². The number of hydrogen-bond donors (Lipinski definition) is 1. The van der Waals surface area contributed by atoms with Crippen molar-refractivity contribution in [3.05, 3.63) is 41.5 Å². The molecule has 3 heterocycles. The van der Waals surface area contributed by atoms with Crippen molar-refractivity contribution in [1.82, 2.24) is 10.1 Å². The van der Waals surface area contributed by atoms with Gasteiger partial charge in [0.25, 0.3) is 0 Å². The summed E-state index contributed by atoms with van der Waals surface area (Å²) in [4.78, 5) is 4.64. The maximum atomic E-state index is 5.90. The van der Waals surface area contributed by atoms with Crippen molar-refractivity contribution in [2.24, 2.45) is 0 Å². The summed E-state index contributed by atoms with van der Waals surface area (Å²) < 4.78 is 11.4.